The molecule has 4 nitrogen and oxygen atoms in total. The van der Waals surface area contributed by atoms with Crippen LogP contribution in [0.4, 0.5) is 11.4 Å². The highest BCUT2D eigenvalue weighted by Crippen LogP contribution is 2.43. The summed E-state index contributed by atoms with van der Waals surface area (Å²) in [5, 5.41) is 0. The van der Waals surface area contributed by atoms with Gasteiger partial charge in [-0.05, 0) is 102 Å². The fourth-order valence-corrected chi connectivity index (χ4v) is 5.89. The van der Waals surface area contributed by atoms with E-state index in [1.165, 1.54) is 53.7 Å². The monoisotopic (exact) mass is 554 g/mol. The fourth-order valence-electron chi connectivity index (χ4n) is 5.89. The Morgan fingerprint density at radius 2 is 1.10 bits per heavy atom. The Balaban J connectivity index is 2.05. The Hall–Kier alpha value is -3.14. The second-order valence-corrected chi connectivity index (χ2v) is 11.0. The molecule has 0 saturated carbocycles. The van der Waals surface area contributed by atoms with Crippen molar-refractivity contribution in [2.75, 3.05) is 36.0 Å². The van der Waals surface area contributed by atoms with Crippen LogP contribution in [0, 0.1) is 0 Å². The van der Waals surface area contributed by atoms with Crippen LogP contribution in [0.15, 0.2) is 71.8 Å². The molecule has 1 aliphatic rings. The molecule has 4 heteroatoms. The zero-order valence-electron chi connectivity index (χ0n) is 26.8. The Kier molecular flexibility index (Phi) is 13.4. The summed E-state index contributed by atoms with van der Waals surface area (Å²) in [5.41, 5.74) is 20.7. The lowest BCUT2D eigenvalue weighted by atomic mass is 9.94. The van der Waals surface area contributed by atoms with Gasteiger partial charge in [0.05, 0.1) is 5.57 Å². The first kappa shape index (κ1) is 32.4. The number of hydrogen-bond acceptors (Lipinski definition) is 2. The molecule has 0 spiro atoms. The maximum atomic E-state index is 11.9. The molecule has 0 saturated heterocycles. The van der Waals surface area contributed by atoms with E-state index in [0.29, 0.717) is 0 Å². The van der Waals surface area contributed by atoms with Crippen LogP contribution in [0.25, 0.3) is 16.9 Å². The standard InChI is InChI=1S/C37H54N4/c1-7-13-15-16-17-18-19-21-35-34(20-14-8-2)36(30-22-26-32(27-23-30)39(9-3)10-4)41(38)37(35)31-24-28-33(29-25-31)40(11-5)12-6/h19,21-29H,7-18,20H2,1-6H3. The lowest BCUT2D eigenvalue weighted by Gasteiger charge is -2.21. The number of benzene rings is 2. The van der Waals surface area contributed by atoms with E-state index in [1.807, 2.05) is 0 Å². The third kappa shape index (κ3) is 8.21. The highest BCUT2D eigenvalue weighted by Gasteiger charge is 2.34. The molecule has 0 atom stereocenters. The number of allylic oxidation sites excluding steroid dienone is 4. The van der Waals surface area contributed by atoms with Crippen LogP contribution in [0.1, 0.15) is 110 Å². The van der Waals surface area contributed by atoms with Crippen molar-refractivity contribution in [1.82, 2.24) is 0 Å². The molecular weight excluding hydrogens is 500 g/mol. The predicted octanol–water partition coefficient (Wildman–Crippen LogP) is 10.7. The number of rotatable bonds is 18. The molecule has 41 heavy (non-hydrogen) atoms. The molecule has 222 valence electrons. The second-order valence-electron chi connectivity index (χ2n) is 11.0. The van der Waals surface area contributed by atoms with Crippen LogP contribution >= 0.6 is 0 Å². The SMILES string of the molecule is CCCCCCCC=CC1=C(c2ccc(N(CC)CC)cc2)[N+](=[N-])C(c2ccc(N(CC)CC)cc2)=C1CCCC. The fraction of sp³-hybridized carbons (Fsp3) is 0.514. The van der Waals surface area contributed by atoms with Gasteiger partial charge in [-0.15, -0.1) is 0 Å². The highest BCUT2D eigenvalue weighted by molar-refractivity contribution is 5.84. The van der Waals surface area contributed by atoms with E-state index < -0.39 is 0 Å². The lowest BCUT2D eigenvalue weighted by Crippen LogP contribution is -2.21. The van der Waals surface area contributed by atoms with Crippen LogP contribution in [0.2, 0.25) is 0 Å². The maximum Gasteiger partial charge on any atom is 0.215 e. The van der Waals surface area contributed by atoms with Crippen LogP contribution in [-0.2, 0) is 0 Å². The van der Waals surface area contributed by atoms with Gasteiger partial charge in [0.25, 0.3) is 0 Å². The smallest absolute Gasteiger partial charge is 0.215 e. The molecule has 0 bridgehead atoms. The molecule has 1 aliphatic heterocycles. The van der Waals surface area contributed by atoms with Crippen molar-refractivity contribution >= 4 is 22.8 Å². The van der Waals surface area contributed by atoms with E-state index in [-0.39, 0.29) is 0 Å². The summed E-state index contributed by atoms with van der Waals surface area (Å²) in [6, 6.07) is 17.5. The topological polar surface area (TPSA) is 31.8 Å². The average Bonchev–Trinajstić information content (AvgIpc) is 3.28. The summed E-state index contributed by atoms with van der Waals surface area (Å²) in [4.78, 5) is 4.72. The van der Waals surface area contributed by atoms with Gasteiger partial charge in [0.15, 0.2) is 0 Å². The van der Waals surface area contributed by atoms with E-state index >= 15 is 0 Å². The molecule has 0 radical (unpaired) electrons. The van der Waals surface area contributed by atoms with Gasteiger partial charge in [-0.3, -0.25) is 0 Å². The molecule has 0 aliphatic carbocycles. The molecular formula is C37H54N4. The van der Waals surface area contributed by atoms with Crippen LogP contribution in [0.5, 0.6) is 0 Å². The van der Waals surface area contributed by atoms with Crippen molar-refractivity contribution in [3.8, 4) is 0 Å². The third-order valence-electron chi connectivity index (χ3n) is 8.37. The van der Waals surface area contributed by atoms with Crippen molar-refractivity contribution in [3.63, 3.8) is 0 Å². The summed E-state index contributed by atoms with van der Waals surface area (Å²) < 4.78 is 1.48. The summed E-state index contributed by atoms with van der Waals surface area (Å²) in [5.74, 6) is 0. The minimum atomic E-state index is 0.896. The van der Waals surface area contributed by atoms with Crippen LogP contribution in [0.3, 0.4) is 0 Å². The van der Waals surface area contributed by atoms with Gasteiger partial charge >= 0.3 is 0 Å². The zero-order valence-corrected chi connectivity index (χ0v) is 26.8. The van der Waals surface area contributed by atoms with E-state index in [4.69, 9.17) is 0 Å². The lowest BCUT2D eigenvalue weighted by molar-refractivity contribution is -0.345. The second kappa shape index (κ2) is 17.0. The van der Waals surface area contributed by atoms with Crippen molar-refractivity contribution < 1.29 is 4.70 Å². The van der Waals surface area contributed by atoms with Gasteiger partial charge in [0.2, 0.25) is 11.4 Å². The molecule has 0 fully saturated rings. The minimum Gasteiger partial charge on any atom is -0.493 e. The van der Waals surface area contributed by atoms with Gasteiger partial charge < -0.3 is 15.3 Å². The quantitative estimate of drug-likeness (QED) is 0.136. The van der Waals surface area contributed by atoms with E-state index in [1.54, 1.807) is 0 Å². The Bertz CT molecular complexity index is 1180. The minimum absolute atomic E-state index is 0.896. The summed E-state index contributed by atoms with van der Waals surface area (Å²) in [7, 11) is 0. The highest BCUT2D eigenvalue weighted by atomic mass is 15.2. The van der Waals surface area contributed by atoms with E-state index in [0.717, 1.165) is 80.0 Å². The molecule has 2 aromatic carbocycles. The van der Waals surface area contributed by atoms with Crippen molar-refractivity contribution in [2.45, 2.75) is 99.3 Å². The molecule has 2 aromatic rings. The first-order valence-electron chi connectivity index (χ1n) is 16.4. The van der Waals surface area contributed by atoms with Crippen molar-refractivity contribution in [3.05, 3.63) is 88.5 Å². The summed E-state index contributed by atoms with van der Waals surface area (Å²) in [6.45, 7) is 17.2. The molecule has 0 N–H and O–H groups in total. The van der Waals surface area contributed by atoms with E-state index in [9.17, 15) is 5.53 Å². The van der Waals surface area contributed by atoms with Crippen molar-refractivity contribution in [2.24, 2.45) is 0 Å². The number of nitrogens with zero attached hydrogens (tertiary/aromatic N) is 4. The number of anilines is 2. The maximum absolute atomic E-state index is 11.9. The van der Waals surface area contributed by atoms with Gasteiger partial charge in [-0.1, -0.05) is 58.1 Å². The normalized spacial score (nSPS) is 13.7. The molecule has 0 amide bonds. The number of hydrogen-bond donors (Lipinski definition) is 0. The first-order valence-corrected chi connectivity index (χ1v) is 16.4. The predicted molar refractivity (Wildman–Crippen MR) is 180 cm³/mol. The van der Waals surface area contributed by atoms with Crippen LogP contribution < -0.4 is 9.80 Å². The summed E-state index contributed by atoms with van der Waals surface area (Å²) >= 11 is 0. The van der Waals surface area contributed by atoms with Crippen LogP contribution in [-0.4, -0.2) is 30.9 Å². The number of unbranched alkanes of at least 4 members (excludes halogenated alkanes) is 6. The zero-order chi connectivity index (χ0) is 29.6. The molecule has 1 heterocycles. The first-order chi connectivity index (χ1) is 20.0. The Morgan fingerprint density at radius 1 is 0.610 bits per heavy atom. The molecule has 0 unspecified atom stereocenters. The largest absolute Gasteiger partial charge is 0.493 e. The van der Waals surface area contributed by atoms with E-state index in [2.05, 4.69) is 112 Å². The molecule has 3 rings (SSSR count). The van der Waals surface area contributed by atoms with Gasteiger partial charge in [0, 0.05) is 54.3 Å². The van der Waals surface area contributed by atoms with Gasteiger partial charge in [0.1, 0.15) is 0 Å². The third-order valence-corrected chi connectivity index (χ3v) is 8.37. The van der Waals surface area contributed by atoms with Crippen molar-refractivity contribution in [1.29, 1.82) is 0 Å². The molecule has 0 aromatic heterocycles. The Labute approximate surface area is 251 Å². The van der Waals surface area contributed by atoms with Gasteiger partial charge in [-0.25, -0.2) is 4.70 Å². The average molecular weight is 555 g/mol. The van der Waals surface area contributed by atoms with Gasteiger partial charge in [-0.2, -0.15) is 0 Å². The summed E-state index contributed by atoms with van der Waals surface area (Å²) in [6.07, 6.45) is 15.3. The Morgan fingerprint density at radius 3 is 1.59 bits per heavy atom.